The van der Waals surface area contributed by atoms with Gasteiger partial charge in [0.25, 0.3) is 0 Å². The van der Waals surface area contributed by atoms with Crippen LogP contribution in [0.4, 0.5) is 0 Å². The summed E-state index contributed by atoms with van der Waals surface area (Å²) in [6.07, 6.45) is 20.6. The van der Waals surface area contributed by atoms with Crippen molar-refractivity contribution < 1.29 is 19.4 Å². The van der Waals surface area contributed by atoms with Gasteiger partial charge in [-0.05, 0) is 31.2 Å². The predicted molar refractivity (Wildman–Crippen MR) is 136 cm³/mol. The quantitative estimate of drug-likeness (QED) is 0.158. The van der Waals surface area contributed by atoms with Crippen molar-refractivity contribution in [1.82, 2.24) is 0 Å². The zero-order valence-corrected chi connectivity index (χ0v) is 20.9. The summed E-state index contributed by atoms with van der Waals surface area (Å²) >= 11 is 0. The van der Waals surface area contributed by atoms with E-state index in [-0.39, 0.29) is 6.42 Å². The number of unbranched alkanes of at least 4 members (excludes halogenated alkanes) is 14. The molecule has 0 saturated carbocycles. The van der Waals surface area contributed by atoms with Crippen molar-refractivity contribution in [3.05, 3.63) is 35.9 Å². The molecule has 0 radical (unpaired) electrons. The molecule has 4 nitrogen and oxygen atoms in total. The molecule has 0 atom stereocenters. The summed E-state index contributed by atoms with van der Waals surface area (Å²) in [6.45, 7) is 1.61. The second kappa shape index (κ2) is 22.1. The van der Waals surface area contributed by atoms with E-state index in [1.165, 1.54) is 82.6 Å². The highest BCUT2D eigenvalue weighted by Gasteiger charge is 2.03. The summed E-state index contributed by atoms with van der Waals surface area (Å²) in [5, 5.41) is 8.59. The van der Waals surface area contributed by atoms with E-state index in [2.05, 4.69) is 24.3 Å². The Morgan fingerprint density at radius 1 is 0.576 bits per heavy atom. The van der Waals surface area contributed by atoms with Gasteiger partial charge in [0.2, 0.25) is 0 Å². The van der Waals surface area contributed by atoms with Crippen molar-refractivity contribution in [3.63, 3.8) is 0 Å². The first-order valence-electron chi connectivity index (χ1n) is 13.5. The number of ether oxygens (including phenoxy) is 1. The van der Waals surface area contributed by atoms with Crippen LogP contribution < -0.4 is 0 Å². The molecule has 0 unspecified atom stereocenters. The highest BCUT2D eigenvalue weighted by molar-refractivity contribution is 5.78. The van der Waals surface area contributed by atoms with Gasteiger partial charge in [0.1, 0.15) is 5.78 Å². The molecule has 0 aromatic heterocycles. The molecule has 0 spiro atoms. The van der Waals surface area contributed by atoms with E-state index in [0.29, 0.717) is 25.0 Å². The zero-order valence-electron chi connectivity index (χ0n) is 20.9. The Kier molecular flexibility index (Phi) is 19.7. The molecule has 33 heavy (non-hydrogen) atoms. The molecular formula is C29H48O4. The Balaban J connectivity index is 1.71. The number of carboxylic acid groups (broad SMARTS) is 1. The van der Waals surface area contributed by atoms with Crippen LogP contribution in [0.3, 0.4) is 0 Å². The van der Waals surface area contributed by atoms with E-state index < -0.39 is 5.97 Å². The molecule has 4 heteroatoms. The van der Waals surface area contributed by atoms with Gasteiger partial charge in [-0.2, -0.15) is 0 Å². The van der Waals surface area contributed by atoms with Crippen LogP contribution in [0.1, 0.15) is 128 Å². The highest BCUT2D eigenvalue weighted by Crippen LogP contribution is 2.14. The maximum absolute atomic E-state index is 11.8. The lowest BCUT2D eigenvalue weighted by atomic mass is 10.0. The van der Waals surface area contributed by atoms with Crippen LogP contribution in [-0.2, 0) is 20.9 Å². The van der Waals surface area contributed by atoms with Crippen LogP contribution in [0.15, 0.2) is 30.3 Å². The van der Waals surface area contributed by atoms with Gasteiger partial charge in [0.05, 0.1) is 6.61 Å². The first kappa shape index (κ1) is 29.4. The van der Waals surface area contributed by atoms with Crippen LogP contribution in [-0.4, -0.2) is 23.5 Å². The molecule has 0 fully saturated rings. The molecule has 1 N–H and O–H groups in total. The third-order valence-corrected chi connectivity index (χ3v) is 6.20. The minimum atomic E-state index is -0.742. The van der Waals surface area contributed by atoms with Gasteiger partial charge in [0, 0.05) is 25.9 Å². The van der Waals surface area contributed by atoms with E-state index in [1.807, 2.05) is 6.07 Å². The molecule has 0 heterocycles. The Morgan fingerprint density at radius 2 is 1.00 bits per heavy atom. The maximum atomic E-state index is 11.8. The number of hydrogen-bond donors (Lipinski definition) is 1. The molecule has 0 aliphatic heterocycles. The number of ketones is 1. The number of benzene rings is 1. The Labute approximate surface area is 202 Å². The fraction of sp³-hybridized carbons (Fsp3) is 0.724. The average molecular weight is 461 g/mol. The summed E-state index contributed by atoms with van der Waals surface area (Å²) in [7, 11) is 0. The summed E-state index contributed by atoms with van der Waals surface area (Å²) in [5.41, 5.74) is 1.26. The SMILES string of the molecule is O=C(O)CCCCCC(=O)CCCCCCCCCCCCCCCOCc1ccccc1. The van der Waals surface area contributed by atoms with Gasteiger partial charge < -0.3 is 9.84 Å². The summed E-state index contributed by atoms with van der Waals surface area (Å²) in [4.78, 5) is 22.3. The van der Waals surface area contributed by atoms with Crippen LogP contribution in [0.2, 0.25) is 0 Å². The van der Waals surface area contributed by atoms with Gasteiger partial charge in [-0.1, -0.05) is 107 Å². The number of carbonyl (C=O) groups excluding carboxylic acids is 1. The molecule has 0 bridgehead atoms. The maximum Gasteiger partial charge on any atom is 0.303 e. The van der Waals surface area contributed by atoms with Crippen LogP contribution in [0.25, 0.3) is 0 Å². The van der Waals surface area contributed by atoms with Crippen molar-refractivity contribution in [2.24, 2.45) is 0 Å². The van der Waals surface area contributed by atoms with Gasteiger partial charge in [-0.3, -0.25) is 9.59 Å². The lowest BCUT2D eigenvalue weighted by Crippen LogP contribution is -1.98. The molecule has 1 aromatic rings. The van der Waals surface area contributed by atoms with E-state index in [4.69, 9.17) is 9.84 Å². The first-order chi connectivity index (χ1) is 16.2. The number of carbonyl (C=O) groups is 2. The minimum absolute atomic E-state index is 0.222. The zero-order chi connectivity index (χ0) is 23.8. The topological polar surface area (TPSA) is 63.6 Å². The molecule has 0 aliphatic carbocycles. The normalized spacial score (nSPS) is 11.0. The van der Waals surface area contributed by atoms with E-state index in [0.717, 1.165) is 32.5 Å². The minimum Gasteiger partial charge on any atom is -0.481 e. The van der Waals surface area contributed by atoms with Crippen molar-refractivity contribution in [3.8, 4) is 0 Å². The van der Waals surface area contributed by atoms with Gasteiger partial charge in [0.15, 0.2) is 0 Å². The first-order valence-corrected chi connectivity index (χ1v) is 13.5. The summed E-state index contributed by atoms with van der Waals surface area (Å²) in [5.74, 6) is -0.390. The molecule has 1 rings (SSSR count). The Bertz CT molecular complexity index is 585. The van der Waals surface area contributed by atoms with Crippen LogP contribution in [0, 0.1) is 0 Å². The van der Waals surface area contributed by atoms with Crippen molar-refractivity contribution in [2.45, 2.75) is 129 Å². The highest BCUT2D eigenvalue weighted by atomic mass is 16.5. The fourth-order valence-corrected chi connectivity index (χ4v) is 4.14. The monoisotopic (exact) mass is 460 g/mol. The molecule has 1 aromatic carbocycles. The number of aliphatic carboxylic acids is 1. The van der Waals surface area contributed by atoms with E-state index >= 15 is 0 Å². The standard InChI is InChI=1S/C29H48O4/c30-28(23-17-13-18-24-29(31)32)22-16-10-8-6-4-2-1-3-5-7-9-11-19-25-33-26-27-20-14-12-15-21-27/h12,14-15,20-21H,1-11,13,16-19,22-26H2,(H,31,32). The number of Topliss-reactive ketones (excluding diaryl/α,β-unsaturated/α-hetero) is 1. The van der Waals surface area contributed by atoms with Crippen molar-refractivity contribution >= 4 is 11.8 Å². The number of rotatable bonds is 24. The lowest BCUT2D eigenvalue weighted by molar-refractivity contribution is -0.137. The number of hydrogen-bond acceptors (Lipinski definition) is 3. The summed E-state index contributed by atoms with van der Waals surface area (Å²) in [6, 6.07) is 10.4. The predicted octanol–water partition coefficient (Wildman–Crippen LogP) is 8.27. The second-order valence-corrected chi connectivity index (χ2v) is 9.38. The van der Waals surface area contributed by atoms with E-state index in [1.54, 1.807) is 0 Å². The van der Waals surface area contributed by atoms with Crippen LogP contribution in [0.5, 0.6) is 0 Å². The third-order valence-electron chi connectivity index (χ3n) is 6.20. The van der Waals surface area contributed by atoms with Gasteiger partial charge in [-0.15, -0.1) is 0 Å². The number of carboxylic acids is 1. The molecule has 0 saturated heterocycles. The average Bonchev–Trinajstić information content (AvgIpc) is 2.81. The smallest absolute Gasteiger partial charge is 0.303 e. The Morgan fingerprint density at radius 3 is 1.52 bits per heavy atom. The van der Waals surface area contributed by atoms with Crippen molar-refractivity contribution in [2.75, 3.05) is 6.61 Å². The van der Waals surface area contributed by atoms with Gasteiger partial charge in [-0.25, -0.2) is 0 Å². The second-order valence-electron chi connectivity index (χ2n) is 9.38. The molecular weight excluding hydrogens is 412 g/mol. The van der Waals surface area contributed by atoms with Gasteiger partial charge >= 0.3 is 5.97 Å². The molecule has 0 amide bonds. The Hall–Kier alpha value is -1.68. The molecule has 0 aliphatic rings. The lowest BCUT2D eigenvalue weighted by Gasteiger charge is -2.05. The van der Waals surface area contributed by atoms with Crippen LogP contribution >= 0.6 is 0 Å². The molecule has 188 valence electrons. The third kappa shape index (κ3) is 20.6. The van der Waals surface area contributed by atoms with Crippen molar-refractivity contribution in [1.29, 1.82) is 0 Å². The van der Waals surface area contributed by atoms with E-state index in [9.17, 15) is 9.59 Å². The fourth-order valence-electron chi connectivity index (χ4n) is 4.14. The largest absolute Gasteiger partial charge is 0.481 e. The summed E-state index contributed by atoms with van der Waals surface area (Å²) < 4.78 is 5.74.